The van der Waals surface area contributed by atoms with Gasteiger partial charge in [0.05, 0.1) is 0 Å². The zero-order valence-electron chi connectivity index (χ0n) is 10.4. The van der Waals surface area contributed by atoms with E-state index in [0.29, 0.717) is 12.6 Å². The van der Waals surface area contributed by atoms with Gasteiger partial charge in [-0.25, -0.2) is 0 Å². The third kappa shape index (κ3) is 2.50. The number of hydrogen-bond acceptors (Lipinski definition) is 2. The largest absolute Gasteiger partial charge is 0.339 e. The summed E-state index contributed by atoms with van der Waals surface area (Å²) in [5.74, 6) is 0.138. The van der Waals surface area contributed by atoms with E-state index in [1.165, 1.54) is 6.42 Å². The number of rotatable bonds is 4. The summed E-state index contributed by atoms with van der Waals surface area (Å²) < 4.78 is 0. The Labute approximate surface area is 103 Å². The first kappa shape index (κ1) is 12.1. The first-order chi connectivity index (χ1) is 8.24. The minimum atomic E-state index is 0.138. The van der Waals surface area contributed by atoms with Crippen LogP contribution in [0.15, 0.2) is 24.3 Å². The Balaban J connectivity index is 2.17. The van der Waals surface area contributed by atoms with Crippen LogP contribution in [0, 0.1) is 0 Å². The van der Waals surface area contributed by atoms with Crippen LogP contribution in [0.5, 0.6) is 0 Å². The summed E-state index contributed by atoms with van der Waals surface area (Å²) >= 11 is 0. The van der Waals surface area contributed by atoms with E-state index < -0.39 is 0 Å². The molecule has 2 rings (SSSR count). The number of benzene rings is 1. The highest BCUT2D eigenvalue weighted by Crippen LogP contribution is 2.25. The summed E-state index contributed by atoms with van der Waals surface area (Å²) in [6.45, 7) is 0.581. The highest BCUT2D eigenvalue weighted by atomic mass is 16.2. The molecule has 1 saturated carbocycles. The smallest absolute Gasteiger partial charge is 0.254 e. The zero-order chi connectivity index (χ0) is 12.3. The van der Waals surface area contributed by atoms with Crippen LogP contribution in [0.2, 0.25) is 0 Å². The van der Waals surface area contributed by atoms with Crippen LogP contribution >= 0.6 is 0 Å². The second-order valence-electron chi connectivity index (χ2n) is 4.70. The number of nitrogens with two attached hydrogens (primary N) is 1. The SMILES string of the molecule is CN(C(=O)c1ccccc1CCN)C1CCC1. The topological polar surface area (TPSA) is 46.3 Å². The molecule has 1 aromatic carbocycles. The molecule has 1 aromatic rings. The van der Waals surface area contributed by atoms with Gasteiger partial charge in [-0.2, -0.15) is 0 Å². The van der Waals surface area contributed by atoms with Gasteiger partial charge in [-0.15, -0.1) is 0 Å². The fourth-order valence-corrected chi connectivity index (χ4v) is 2.23. The van der Waals surface area contributed by atoms with Crippen LogP contribution < -0.4 is 5.73 Å². The van der Waals surface area contributed by atoms with Crippen molar-refractivity contribution in [3.8, 4) is 0 Å². The maximum absolute atomic E-state index is 12.4. The molecule has 1 aliphatic carbocycles. The molecule has 2 N–H and O–H groups in total. The summed E-state index contributed by atoms with van der Waals surface area (Å²) in [6, 6.07) is 8.22. The maximum Gasteiger partial charge on any atom is 0.254 e. The van der Waals surface area contributed by atoms with Gasteiger partial charge in [0.2, 0.25) is 0 Å². The molecule has 0 saturated heterocycles. The molecule has 92 valence electrons. The van der Waals surface area contributed by atoms with Gasteiger partial charge in [0.1, 0.15) is 0 Å². The molecule has 3 heteroatoms. The molecule has 0 unspecified atom stereocenters. The van der Waals surface area contributed by atoms with Gasteiger partial charge in [-0.05, 0) is 43.9 Å². The van der Waals surface area contributed by atoms with E-state index in [0.717, 1.165) is 30.4 Å². The molecule has 0 atom stereocenters. The molecule has 0 aliphatic heterocycles. The maximum atomic E-state index is 12.4. The predicted molar refractivity (Wildman–Crippen MR) is 68.9 cm³/mol. The summed E-state index contributed by atoms with van der Waals surface area (Å²) in [4.78, 5) is 14.2. The number of nitrogens with zero attached hydrogens (tertiary/aromatic N) is 1. The van der Waals surface area contributed by atoms with Crippen LogP contribution in [-0.2, 0) is 6.42 Å². The Morgan fingerprint density at radius 2 is 2.12 bits per heavy atom. The Morgan fingerprint density at radius 3 is 2.71 bits per heavy atom. The molecule has 1 aliphatic rings. The van der Waals surface area contributed by atoms with E-state index in [1.807, 2.05) is 36.2 Å². The average molecular weight is 232 g/mol. The summed E-state index contributed by atoms with van der Waals surface area (Å²) in [7, 11) is 1.91. The lowest BCUT2D eigenvalue weighted by atomic mass is 9.91. The fourth-order valence-electron chi connectivity index (χ4n) is 2.23. The van der Waals surface area contributed by atoms with E-state index in [-0.39, 0.29) is 5.91 Å². The van der Waals surface area contributed by atoms with Gasteiger partial charge in [0, 0.05) is 18.7 Å². The molecular weight excluding hydrogens is 212 g/mol. The second-order valence-corrected chi connectivity index (χ2v) is 4.70. The first-order valence-corrected chi connectivity index (χ1v) is 6.29. The summed E-state index contributed by atoms with van der Waals surface area (Å²) in [5.41, 5.74) is 7.45. The van der Waals surface area contributed by atoms with Crippen LogP contribution in [0.1, 0.15) is 35.2 Å². The van der Waals surface area contributed by atoms with E-state index in [2.05, 4.69) is 0 Å². The Kier molecular flexibility index (Phi) is 3.79. The molecule has 3 nitrogen and oxygen atoms in total. The zero-order valence-corrected chi connectivity index (χ0v) is 10.4. The minimum Gasteiger partial charge on any atom is -0.339 e. The Bertz CT molecular complexity index is 399. The van der Waals surface area contributed by atoms with Crippen molar-refractivity contribution in [2.24, 2.45) is 5.73 Å². The molecule has 0 bridgehead atoms. The van der Waals surface area contributed by atoms with Gasteiger partial charge in [-0.3, -0.25) is 4.79 Å². The molecule has 1 amide bonds. The third-order valence-corrected chi connectivity index (χ3v) is 3.60. The standard InChI is InChI=1S/C14H20N2O/c1-16(12-6-4-7-12)14(17)13-8-3-2-5-11(13)9-10-15/h2-3,5,8,12H,4,6-7,9-10,15H2,1H3. The van der Waals surface area contributed by atoms with Crippen LogP contribution in [0.25, 0.3) is 0 Å². The van der Waals surface area contributed by atoms with Gasteiger partial charge in [-0.1, -0.05) is 18.2 Å². The van der Waals surface area contributed by atoms with E-state index in [1.54, 1.807) is 0 Å². The third-order valence-electron chi connectivity index (χ3n) is 3.60. The molecule has 0 radical (unpaired) electrons. The van der Waals surface area contributed by atoms with Crippen molar-refractivity contribution in [2.75, 3.05) is 13.6 Å². The van der Waals surface area contributed by atoms with E-state index in [4.69, 9.17) is 5.73 Å². The lowest BCUT2D eigenvalue weighted by Crippen LogP contribution is -2.41. The number of hydrogen-bond donors (Lipinski definition) is 1. The van der Waals surface area contributed by atoms with Crippen molar-refractivity contribution in [3.05, 3.63) is 35.4 Å². The Morgan fingerprint density at radius 1 is 1.41 bits per heavy atom. The first-order valence-electron chi connectivity index (χ1n) is 6.29. The molecular formula is C14H20N2O. The molecule has 1 fully saturated rings. The van der Waals surface area contributed by atoms with Gasteiger partial charge >= 0.3 is 0 Å². The highest BCUT2D eigenvalue weighted by Gasteiger charge is 2.27. The van der Waals surface area contributed by atoms with Gasteiger partial charge in [0.25, 0.3) is 5.91 Å². The monoisotopic (exact) mass is 232 g/mol. The van der Waals surface area contributed by atoms with Crippen LogP contribution in [-0.4, -0.2) is 30.4 Å². The number of carbonyl (C=O) groups is 1. The second kappa shape index (κ2) is 5.32. The highest BCUT2D eigenvalue weighted by molar-refractivity contribution is 5.95. The Hall–Kier alpha value is -1.35. The number of amides is 1. The molecule has 0 heterocycles. The fraction of sp³-hybridized carbons (Fsp3) is 0.500. The summed E-state index contributed by atoms with van der Waals surface area (Å²) in [6.07, 6.45) is 4.29. The van der Waals surface area contributed by atoms with Gasteiger partial charge in [0.15, 0.2) is 0 Å². The van der Waals surface area contributed by atoms with Gasteiger partial charge < -0.3 is 10.6 Å². The van der Waals surface area contributed by atoms with E-state index >= 15 is 0 Å². The van der Waals surface area contributed by atoms with Crippen molar-refractivity contribution in [3.63, 3.8) is 0 Å². The predicted octanol–water partition coefficient (Wildman–Crippen LogP) is 1.81. The van der Waals surface area contributed by atoms with Crippen molar-refractivity contribution in [1.29, 1.82) is 0 Å². The van der Waals surface area contributed by atoms with Crippen LogP contribution in [0.4, 0.5) is 0 Å². The van der Waals surface area contributed by atoms with Crippen molar-refractivity contribution in [2.45, 2.75) is 31.7 Å². The lowest BCUT2D eigenvalue weighted by molar-refractivity contribution is 0.0651. The molecule has 17 heavy (non-hydrogen) atoms. The average Bonchev–Trinajstić information content (AvgIpc) is 2.27. The molecule has 0 aromatic heterocycles. The van der Waals surface area contributed by atoms with E-state index in [9.17, 15) is 4.79 Å². The summed E-state index contributed by atoms with van der Waals surface area (Å²) in [5, 5.41) is 0. The van der Waals surface area contributed by atoms with Crippen molar-refractivity contribution in [1.82, 2.24) is 4.90 Å². The quantitative estimate of drug-likeness (QED) is 0.860. The minimum absolute atomic E-state index is 0.138. The van der Waals surface area contributed by atoms with Crippen molar-refractivity contribution >= 4 is 5.91 Å². The van der Waals surface area contributed by atoms with Crippen LogP contribution in [0.3, 0.4) is 0 Å². The normalized spacial score (nSPS) is 15.4. The molecule has 0 spiro atoms. The lowest BCUT2D eigenvalue weighted by Gasteiger charge is -2.35. The van der Waals surface area contributed by atoms with Crippen molar-refractivity contribution < 1.29 is 4.79 Å². The number of carbonyl (C=O) groups excluding carboxylic acids is 1.